The molecule has 37 heavy (non-hydrogen) atoms. The van der Waals surface area contributed by atoms with Crippen molar-refractivity contribution in [3.05, 3.63) is 30.0 Å². The Hall–Kier alpha value is -3.13. The monoisotopic (exact) mass is 525 g/mol. The molecule has 3 aromatic rings. The summed E-state index contributed by atoms with van der Waals surface area (Å²) in [4.78, 5) is 4.54. The zero-order valence-corrected chi connectivity index (χ0v) is 20.7. The van der Waals surface area contributed by atoms with Gasteiger partial charge in [-0.25, -0.2) is 9.67 Å². The lowest BCUT2D eigenvalue weighted by Gasteiger charge is -2.24. The van der Waals surface area contributed by atoms with Crippen molar-refractivity contribution in [3.63, 3.8) is 0 Å². The maximum atomic E-state index is 14.2. The summed E-state index contributed by atoms with van der Waals surface area (Å²) in [5, 5.41) is 13.8. The molecular formula is C24H26F3N3O7. The van der Waals surface area contributed by atoms with Crippen LogP contribution in [-0.2, 0) is 20.4 Å². The van der Waals surface area contributed by atoms with Crippen molar-refractivity contribution < 1.29 is 46.7 Å². The number of pyridine rings is 1. The largest absolute Gasteiger partial charge is 0.493 e. The molecule has 200 valence electrons. The molecule has 2 aliphatic heterocycles. The van der Waals surface area contributed by atoms with E-state index in [1.165, 1.54) is 38.1 Å². The number of rotatable bonds is 6. The Balaban J connectivity index is 1.69. The highest BCUT2D eigenvalue weighted by molar-refractivity contribution is 5.84. The number of aromatic nitrogens is 3. The van der Waals surface area contributed by atoms with Gasteiger partial charge in [0.25, 0.3) is 0 Å². The van der Waals surface area contributed by atoms with E-state index in [0.29, 0.717) is 5.56 Å². The maximum Gasteiger partial charge on any atom is 0.417 e. The number of hydrogen-bond acceptors (Lipinski definition) is 9. The van der Waals surface area contributed by atoms with Gasteiger partial charge in [0, 0.05) is 5.56 Å². The van der Waals surface area contributed by atoms with Gasteiger partial charge in [0.15, 0.2) is 29.2 Å². The zero-order chi connectivity index (χ0) is 26.7. The summed E-state index contributed by atoms with van der Waals surface area (Å²) in [6.07, 6.45) is -6.70. The van der Waals surface area contributed by atoms with Crippen molar-refractivity contribution >= 4 is 11.0 Å². The summed E-state index contributed by atoms with van der Waals surface area (Å²) in [5.41, 5.74) is -0.702. The third kappa shape index (κ3) is 4.25. The summed E-state index contributed by atoms with van der Waals surface area (Å²) in [5.74, 6) is -0.170. The molecule has 0 bridgehead atoms. The van der Waals surface area contributed by atoms with Crippen LogP contribution in [0.25, 0.3) is 22.3 Å². The average molecular weight is 525 g/mol. The SMILES string of the molecule is COc1cc(-c2cc(C(F)(F)F)c3cnn(C4OC(CO)C5OC(C)(C)OC54)c3n2)cc(OC)c1OC. The van der Waals surface area contributed by atoms with Gasteiger partial charge < -0.3 is 33.5 Å². The third-order valence-corrected chi connectivity index (χ3v) is 6.38. The Kier molecular flexibility index (Phi) is 6.21. The van der Waals surface area contributed by atoms with E-state index < -0.39 is 42.1 Å². The molecule has 4 atom stereocenters. The van der Waals surface area contributed by atoms with Crippen LogP contribution in [-0.4, -0.2) is 71.9 Å². The average Bonchev–Trinajstić information content (AvgIpc) is 3.51. The van der Waals surface area contributed by atoms with Crippen LogP contribution in [0.3, 0.4) is 0 Å². The number of benzene rings is 1. The highest BCUT2D eigenvalue weighted by Crippen LogP contribution is 2.46. The molecule has 1 N–H and O–H groups in total. The molecule has 2 fully saturated rings. The molecule has 5 rings (SSSR count). The van der Waals surface area contributed by atoms with Gasteiger partial charge in [0.2, 0.25) is 5.75 Å². The van der Waals surface area contributed by atoms with Crippen molar-refractivity contribution in [2.45, 2.75) is 50.4 Å². The number of nitrogens with zero attached hydrogens (tertiary/aromatic N) is 3. The molecule has 2 aliphatic rings. The molecule has 2 saturated heterocycles. The highest BCUT2D eigenvalue weighted by Gasteiger charge is 2.56. The van der Waals surface area contributed by atoms with E-state index in [2.05, 4.69) is 10.1 Å². The number of aliphatic hydroxyl groups is 1. The van der Waals surface area contributed by atoms with Crippen LogP contribution in [0.5, 0.6) is 17.2 Å². The Morgan fingerprint density at radius 3 is 2.24 bits per heavy atom. The van der Waals surface area contributed by atoms with Crippen LogP contribution in [0.1, 0.15) is 25.6 Å². The van der Waals surface area contributed by atoms with Gasteiger partial charge in [0.1, 0.15) is 18.3 Å². The first-order valence-electron chi connectivity index (χ1n) is 11.4. The summed E-state index contributed by atoms with van der Waals surface area (Å²) < 4.78 is 77.6. The van der Waals surface area contributed by atoms with Gasteiger partial charge in [-0.05, 0) is 32.0 Å². The molecule has 1 aromatic carbocycles. The Bertz CT molecular complexity index is 1300. The minimum atomic E-state index is -4.70. The molecule has 0 amide bonds. The van der Waals surface area contributed by atoms with Crippen molar-refractivity contribution in [1.82, 2.24) is 14.8 Å². The molecule has 0 radical (unpaired) electrons. The van der Waals surface area contributed by atoms with E-state index in [0.717, 1.165) is 12.3 Å². The number of ether oxygens (including phenoxy) is 6. The first-order valence-corrected chi connectivity index (χ1v) is 11.4. The molecule has 13 heteroatoms. The van der Waals surface area contributed by atoms with Crippen LogP contribution in [0, 0.1) is 0 Å². The van der Waals surface area contributed by atoms with E-state index >= 15 is 0 Å². The normalized spacial score (nSPS) is 24.9. The zero-order valence-electron chi connectivity index (χ0n) is 20.7. The quantitative estimate of drug-likeness (QED) is 0.517. The molecule has 0 aliphatic carbocycles. The summed E-state index contributed by atoms with van der Waals surface area (Å²) in [6, 6.07) is 3.97. The number of alkyl halides is 3. The van der Waals surface area contributed by atoms with Crippen LogP contribution in [0.2, 0.25) is 0 Å². The first kappa shape index (κ1) is 25.5. The minimum Gasteiger partial charge on any atom is -0.493 e. The number of fused-ring (bicyclic) bond motifs is 2. The first-order chi connectivity index (χ1) is 17.5. The fourth-order valence-corrected chi connectivity index (χ4v) is 4.82. The second kappa shape index (κ2) is 9.01. The van der Waals surface area contributed by atoms with Crippen molar-refractivity contribution in [3.8, 4) is 28.5 Å². The molecule has 10 nitrogen and oxygen atoms in total. The Morgan fingerprint density at radius 1 is 1.03 bits per heavy atom. The summed E-state index contributed by atoms with van der Waals surface area (Å²) in [6.45, 7) is 3.05. The predicted octanol–water partition coefficient (Wildman–Crippen LogP) is 3.55. The topological polar surface area (TPSA) is 106 Å². The van der Waals surface area contributed by atoms with E-state index in [9.17, 15) is 18.3 Å². The lowest BCUT2D eigenvalue weighted by atomic mass is 10.1. The van der Waals surface area contributed by atoms with E-state index in [4.69, 9.17) is 28.4 Å². The Labute approximate surface area is 209 Å². The van der Waals surface area contributed by atoms with E-state index in [1.54, 1.807) is 13.8 Å². The number of aliphatic hydroxyl groups excluding tert-OH is 1. The second-order valence-corrected chi connectivity index (χ2v) is 9.11. The van der Waals surface area contributed by atoms with Gasteiger partial charge >= 0.3 is 6.18 Å². The van der Waals surface area contributed by atoms with E-state index in [1.807, 2.05) is 0 Å². The smallest absolute Gasteiger partial charge is 0.417 e. The standard InChI is InChI=1S/C24H26F3N3O7/c1-23(2)36-19-17(10-31)35-22(20(19)37-23)30-21-12(9-28-30)13(24(25,26)27)8-14(29-21)11-6-15(32-3)18(34-5)16(7-11)33-4/h6-9,17,19-20,22,31H,10H2,1-5H3. The van der Waals surface area contributed by atoms with E-state index in [-0.39, 0.29) is 40.6 Å². The highest BCUT2D eigenvalue weighted by atomic mass is 19.4. The lowest BCUT2D eigenvalue weighted by molar-refractivity contribution is -0.201. The van der Waals surface area contributed by atoms with Gasteiger partial charge in [-0.15, -0.1) is 0 Å². The predicted molar refractivity (Wildman–Crippen MR) is 122 cm³/mol. The molecule has 4 unspecified atom stereocenters. The number of halogens is 3. The molecule has 0 spiro atoms. The number of hydrogen-bond donors (Lipinski definition) is 1. The second-order valence-electron chi connectivity index (χ2n) is 9.11. The minimum absolute atomic E-state index is 0.00185. The summed E-state index contributed by atoms with van der Waals surface area (Å²) in [7, 11) is 4.24. The maximum absolute atomic E-state index is 14.2. The van der Waals surface area contributed by atoms with Gasteiger partial charge in [-0.3, -0.25) is 0 Å². The van der Waals surface area contributed by atoms with Gasteiger partial charge in [-0.1, -0.05) is 0 Å². The van der Waals surface area contributed by atoms with Crippen LogP contribution >= 0.6 is 0 Å². The fourth-order valence-electron chi connectivity index (χ4n) is 4.82. The van der Waals surface area contributed by atoms with Crippen LogP contribution in [0.15, 0.2) is 24.4 Å². The van der Waals surface area contributed by atoms with Crippen molar-refractivity contribution in [2.75, 3.05) is 27.9 Å². The molecular weight excluding hydrogens is 499 g/mol. The van der Waals surface area contributed by atoms with Crippen molar-refractivity contribution in [1.29, 1.82) is 0 Å². The molecule has 0 saturated carbocycles. The fraction of sp³-hybridized carbons (Fsp3) is 0.500. The molecule has 2 aromatic heterocycles. The van der Waals surface area contributed by atoms with Crippen LogP contribution in [0.4, 0.5) is 13.2 Å². The van der Waals surface area contributed by atoms with Crippen molar-refractivity contribution in [2.24, 2.45) is 0 Å². The van der Waals surface area contributed by atoms with Gasteiger partial charge in [0.05, 0.1) is 50.8 Å². The lowest BCUT2D eigenvalue weighted by Crippen LogP contribution is -2.31. The van der Waals surface area contributed by atoms with Crippen LogP contribution < -0.4 is 14.2 Å². The molecule has 4 heterocycles. The number of methoxy groups -OCH3 is 3. The van der Waals surface area contributed by atoms with Gasteiger partial charge in [-0.2, -0.15) is 18.3 Å². The summed E-state index contributed by atoms with van der Waals surface area (Å²) >= 11 is 0. The third-order valence-electron chi connectivity index (χ3n) is 6.38. The Morgan fingerprint density at radius 2 is 1.68 bits per heavy atom.